The maximum Gasteiger partial charge on any atom is 0.135 e. The van der Waals surface area contributed by atoms with Crippen LogP contribution in [0.3, 0.4) is 0 Å². The Hall–Kier alpha value is -10.2. The van der Waals surface area contributed by atoms with E-state index in [4.69, 9.17) is 13.9 Å². The summed E-state index contributed by atoms with van der Waals surface area (Å²) in [5, 5.41) is 2.23. The quantitative estimate of drug-likeness (QED) is 0.172. The molecule has 0 unspecified atom stereocenters. The van der Waals surface area contributed by atoms with Crippen molar-refractivity contribution in [3.8, 4) is 67.5 Å². The van der Waals surface area contributed by atoms with E-state index in [1.165, 1.54) is 44.5 Å². The average molecular weight is 996 g/mol. The van der Waals surface area contributed by atoms with E-state index >= 15 is 0 Å². The molecule has 17 rings (SSSR count). The van der Waals surface area contributed by atoms with E-state index in [1.54, 1.807) is 0 Å². The fourth-order valence-corrected chi connectivity index (χ4v) is 14.1. The molecule has 0 radical (unpaired) electrons. The Morgan fingerprint density at radius 3 is 1.42 bits per heavy atom. The van der Waals surface area contributed by atoms with Crippen molar-refractivity contribution in [3.63, 3.8) is 0 Å². The fourth-order valence-electron chi connectivity index (χ4n) is 14.1. The summed E-state index contributed by atoms with van der Waals surface area (Å²) in [6.45, 7) is 0. The molecule has 0 amide bonds. The Bertz CT molecular complexity index is 4570. The van der Waals surface area contributed by atoms with Crippen LogP contribution in [0.4, 0.5) is 17.1 Å². The molecular weight excluding hydrogens is 951 g/mol. The van der Waals surface area contributed by atoms with Gasteiger partial charge in [0.05, 0.1) is 16.5 Å². The zero-order valence-corrected chi connectivity index (χ0v) is 42.2. The highest BCUT2D eigenvalue weighted by Crippen LogP contribution is 2.65. The van der Waals surface area contributed by atoms with Gasteiger partial charge in [0.2, 0.25) is 0 Å². The van der Waals surface area contributed by atoms with Gasteiger partial charge in [-0.05, 0) is 140 Å². The Balaban J connectivity index is 0.876. The van der Waals surface area contributed by atoms with Crippen LogP contribution in [0.2, 0.25) is 0 Å². The van der Waals surface area contributed by atoms with Crippen LogP contribution in [0.1, 0.15) is 44.5 Å². The monoisotopic (exact) mass is 995 g/mol. The van der Waals surface area contributed by atoms with Crippen molar-refractivity contribution in [3.05, 3.63) is 317 Å². The number of furan rings is 1. The molecule has 2 aliphatic carbocycles. The molecule has 0 saturated heterocycles. The second-order valence-corrected chi connectivity index (χ2v) is 21.0. The van der Waals surface area contributed by atoms with E-state index in [0.29, 0.717) is 0 Å². The average Bonchev–Trinajstić information content (AvgIpc) is 4.27. The number of rotatable bonds is 5. The maximum atomic E-state index is 6.75. The molecule has 4 nitrogen and oxygen atoms in total. The first-order valence-corrected chi connectivity index (χ1v) is 26.8. The summed E-state index contributed by atoms with van der Waals surface area (Å²) in [5.41, 5.74) is 22.7. The molecule has 0 atom stereocenters. The lowest BCUT2D eigenvalue weighted by atomic mass is 9.66. The van der Waals surface area contributed by atoms with Gasteiger partial charge in [0.25, 0.3) is 0 Å². The predicted molar refractivity (Wildman–Crippen MR) is 314 cm³/mol. The Morgan fingerprint density at radius 1 is 0.269 bits per heavy atom. The summed E-state index contributed by atoms with van der Waals surface area (Å²) in [7, 11) is 0. The number of hydrogen-bond acceptors (Lipinski definition) is 4. The number of hydrogen-bond donors (Lipinski definition) is 0. The Labute approximate surface area is 451 Å². The molecule has 3 heterocycles. The van der Waals surface area contributed by atoms with Crippen molar-refractivity contribution in [1.29, 1.82) is 0 Å². The summed E-state index contributed by atoms with van der Waals surface area (Å²) in [5.74, 6) is 3.51. The van der Waals surface area contributed by atoms with Crippen molar-refractivity contribution in [1.82, 2.24) is 0 Å². The van der Waals surface area contributed by atoms with Gasteiger partial charge >= 0.3 is 0 Å². The van der Waals surface area contributed by atoms with Gasteiger partial charge < -0.3 is 18.8 Å². The summed E-state index contributed by atoms with van der Waals surface area (Å²) in [6, 6.07) is 99.3. The largest absolute Gasteiger partial charge is 0.457 e. The highest BCUT2D eigenvalue weighted by Gasteiger charge is 2.53. The number of fused-ring (bicyclic) bond motifs is 21. The summed E-state index contributed by atoms with van der Waals surface area (Å²) in [4.78, 5) is 2.47. The van der Waals surface area contributed by atoms with E-state index in [1.807, 2.05) is 12.1 Å². The van der Waals surface area contributed by atoms with Crippen LogP contribution in [0.15, 0.2) is 277 Å². The standard InChI is InChI=1S/C74H45NO3/c1-4-22-57-52(19-1)53-41-37-49(45-64(53)74(57)61-26-8-13-33-70(61)78-71-34-14-9-27-62(71)74)47-17-15-18-51(43-47)75(50-39-35-46(36-40-50)48-38-42-67-56(44-48)54-20-3-10-30-66(54)76-67)65-29-16-28-63-72(65)55-21-2-5-23-58(55)73(63)59-24-6-11-31-68(59)77-69-32-12-7-25-60(69)73/h1-45H. The van der Waals surface area contributed by atoms with E-state index in [-0.39, 0.29) is 0 Å². The first-order chi connectivity index (χ1) is 38.7. The number of nitrogens with zero attached hydrogens (tertiary/aromatic N) is 1. The molecule has 12 aromatic carbocycles. The molecule has 1 aromatic heterocycles. The first kappa shape index (κ1) is 43.1. The molecule has 13 aromatic rings. The third-order valence-electron chi connectivity index (χ3n) is 17.2. The molecule has 0 bridgehead atoms. The first-order valence-electron chi connectivity index (χ1n) is 26.8. The van der Waals surface area contributed by atoms with Gasteiger partial charge in [0, 0.05) is 50.0 Å². The van der Waals surface area contributed by atoms with Gasteiger partial charge in [-0.25, -0.2) is 0 Å². The lowest BCUT2D eigenvalue weighted by molar-refractivity contribution is 0.436. The molecule has 2 aliphatic heterocycles. The van der Waals surface area contributed by atoms with Crippen LogP contribution in [0.5, 0.6) is 23.0 Å². The van der Waals surface area contributed by atoms with E-state index in [2.05, 4.69) is 266 Å². The van der Waals surface area contributed by atoms with Crippen LogP contribution in [0.25, 0.3) is 66.4 Å². The zero-order chi connectivity index (χ0) is 51.1. The predicted octanol–water partition coefficient (Wildman–Crippen LogP) is 19.3. The molecule has 0 N–H and O–H groups in total. The highest BCUT2D eigenvalue weighted by molar-refractivity contribution is 6.06. The summed E-state index contributed by atoms with van der Waals surface area (Å²) < 4.78 is 19.7. The lowest BCUT2D eigenvalue weighted by Crippen LogP contribution is -2.32. The topological polar surface area (TPSA) is 34.8 Å². The van der Waals surface area contributed by atoms with E-state index < -0.39 is 10.8 Å². The zero-order valence-electron chi connectivity index (χ0n) is 42.2. The third kappa shape index (κ3) is 5.78. The van der Waals surface area contributed by atoms with Crippen LogP contribution >= 0.6 is 0 Å². The van der Waals surface area contributed by atoms with Crippen molar-refractivity contribution < 1.29 is 13.9 Å². The molecular formula is C74H45NO3. The van der Waals surface area contributed by atoms with Crippen molar-refractivity contribution in [2.75, 3.05) is 4.90 Å². The number of benzene rings is 12. The molecule has 4 heteroatoms. The van der Waals surface area contributed by atoms with Gasteiger partial charge in [-0.15, -0.1) is 0 Å². The minimum Gasteiger partial charge on any atom is -0.457 e. The minimum absolute atomic E-state index is 0.580. The number of ether oxygens (including phenoxy) is 2. The number of anilines is 3. The SMILES string of the molecule is c1cc(-c2ccc3c(c2)C2(c4ccccc4Oc4ccccc42)c2ccccc2-3)cc(N(c2ccc(-c3ccc4oc5ccccc5c4c3)cc2)c2cccc3c2-c2ccccc2C32c3ccccc3Oc3ccccc32)c1. The van der Waals surface area contributed by atoms with Gasteiger partial charge in [-0.2, -0.15) is 0 Å². The smallest absolute Gasteiger partial charge is 0.135 e. The molecule has 0 fully saturated rings. The van der Waals surface area contributed by atoms with Crippen molar-refractivity contribution >= 4 is 39.0 Å². The van der Waals surface area contributed by atoms with E-state index in [9.17, 15) is 0 Å². The van der Waals surface area contributed by atoms with Crippen molar-refractivity contribution in [2.45, 2.75) is 10.8 Å². The second kappa shape index (κ2) is 16.2. The normalized spacial score (nSPS) is 14.1. The maximum absolute atomic E-state index is 6.75. The van der Waals surface area contributed by atoms with Crippen LogP contribution in [-0.2, 0) is 10.8 Å². The second-order valence-electron chi connectivity index (χ2n) is 21.0. The molecule has 364 valence electrons. The molecule has 0 saturated carbocycles. The van der Waals surface area contributed by atoms with Crippen LogP contribution in [0, 0.1) is 0 Å². The minimum atomic E-state index is -0.625. The Kier molecular flexibility index (Phi) is 8.94. The number of para-hydroxylation sites is 5. The van der Waals surface area contributed by atoms with E-state index in [0.717, 1.165) is 107 Å². The molecule has 4 aliphatic rings. The Morgan fingerprint density at radius 2 is 0.744 bits per heavy atom. The summed E-state index contributed by atoms with van der Waals surface area (Å²) in [6.07, 6.45) is 0. The van der Waals surface area contributed by atoms with Crippen molar-refractivity contribution in [2.24, 2.45) is 0 Å². The molecule has 2 spiro atoms. The fraction of sp³-hybridized carbons (Fsp3) is 0.0270. The van der Waals surface area contributed by atoms with Gasteiger partial charge in [0.1, 0.15) is 34.2 Å². The molecule has 78 heavy (non-hydrogen) atoms. The van der Waals surface area contributed by atoms with Gasteiger partial charge in [-0.3, -0.25) is 0 Å². The highest BCUT2D eigenvalue weighted by atomic mass is 16.5. The van der Waals surface area contributed by atoms with Gasteiger partial charge in [0.15, 0.2) is 0 Å². The third-order valence-corrected chi connectivity index (χ3v) is 17.2. The lowest BCUT2D eigenvalue weighted by Gasteiger charge is -2.39. The summed E-state index contributed by atoms with van der Waals surface area (Å²) >= 11 is 0. The van der Waals surface area contributed by atoms with Gasteiger partial charge in [-0.1, -0.05) is 194 Å². The van der Waals surface area contributed by atoms with Crippen LogP contribution < -0.4 is 14.4 Å². The van der Waals surface area contributed by atoms with Crippen LogP contribution in [-0.4, -0.2) is 0 Å².